The lowest BCUT2D eigenvalue weighted by atomic mass is 10.1. The zero-order valence-electron chi connectivity index (χ0n) is 11.2. The minimum Gasteiger partial charge on any atom is -0.360 e. The maximum Gasteiger partial charge on any atom is 0.169 e. The molecule has 0 atom stereocenters. The fourth-order valence-corrected chi connectivity index (χ4v) is 2.67. The molecule has 1 aliphatic carbocycles. The van der Waals surface area contributed by atoms with Crippen LogP contribution in [0, 0.1) is 11.3 Å². The van der Waals surface area contributed by atoms with Crippen molar-refractivity contribution in [2.75, 3.05) is 7.05 Å². The summed E-state index contributed by atoms with van der Waals surface area (Å²) in [5, 5.41) is 13.1. The lowest BCUT2D eigenvalue weighted by Crippen LogP contribution is -2.41. The van der Waals surface area contributed by atoms with E-state index < -0.39 is 0 Å². The fraction of sp³-hybridized carbons (Fsp3) is 0.467. The van der Waals surface area contributed by atoms with Crippen LogP contribution >= 0.6 is 12.2 Å². The predicted molar refractivity (Wildman–Crippen MR) is 80.6 cm³/mol. The van der Waals surface area contributed by atoms with Crippen LogP contribution in [0.3, 0.4) is 0 Å². The van der Waals surface area contributed by atoms with Gasteiger partial charge in [0.25, 0.3) is 0 Å². The number of hydrogen-bond acceptors (Lipinski definition) is 2. The highest BCUT2D eigenvalue weighted by molar-refractivity contribution is 7.80. The maximum absolute atomic E-state index is 8.89. The average Bonchev–Trinajstić information content (AvgIpc) is 2.91. The molecule has 1 saturated carbocycles. The highest BCUT2D eigenvalue weighted by Crippen LogP contribution is 2.18. The van der Waals surface area contributed by atoms with E-state index in [9.17, 15) is 0 Å². The first-order chi connectivity index (χ1) is 9.19. The van der Waals surface area contributed by atoms with E-state index in [-0.39, 0.29) is 0 Å². The van der Waals surface area contributed by atoms with E-state index in [0.29, 0.717) is 11.6 Å². The Morgan fingerprint density at radius 3 is 2.89 bits per heavy atom. The van der Waals surface area contributed by atoms with Crippen LogP contribution in [0.5, 0.6) is 0 Å². The summed E-state index contributed by atoms with van der Waals surface area (Å²) in [5.74, 6) is 0. The second kappa shape index (κ2) is 6.53. The Labute approximate surface area is 120 Å². The molecule has 1 aromatic rings. The van der Waals surface area contributed by atoms with E-state index >= 15 is 0 Å². The third kappa shape index (κ3) is 3.93. The van der Waals surface area contributed by atoms with Crippen molar-refractivity contribution < 1.29 is 0 Å². The van der Waals surface area contributed by atoms with E-state index in [1.54, 1.807) is 0 Å². The summed E-state index contributed by atoms with van der Waals surface area (Å²) in [5.41, 5.74) is 1.80. The molecule has 0 amide bonds. The van der Waals surface area contributed by atoms with Crippen molar-refractivity contribution >= 4 is 17.3 Å². The Morgan fingerprint density at radius 2 is 2.21 bits per heavy atom. The van der Waals surface area contributed by atoms with Crippen LogP contribution in [-0.4, -0.2) is 23.1 Å². The molecule has 0 spiro atoms. The molecule has 1 aliphatic rings. The summed E-state index contributed by atoms with van der Waals surface area (Å²) < 4.78 is 0. The molecule has 3 nitrogen and oxygen atoms in total. The van der Waals surface area contributed by atoms with Gasteiger partial charge in [0.15, 0.2) is 5.11 Å². The van der Waals surface area contributed by atoms with Gasteiger partial charge in [0.05, 0.1) is 11.6 Å². The monoisotopic (exact) mass is 273 g/mol. The minimum absolute atomic E-state index is 0.542. The third-order valence-corrected chi connectivity index (χ3v) is 3.93. The molecule has 0 unspecified atom stereocenters. The Balaban J connectivity index is 1.90. The van der Waals surface area contributed by atoms with E-state index in [2.05, 4.69) is 11.4 Å². The Bertz CT molecular complexity index is 486. The van der Waals surface area contributed by atoms with E-state index in [1.807, 2.05) is 36.2 Å². The van der Waals surface area contributed by atoms with E-state index in [1.165, 1.54) is 25.7 Å². The topological polar surface area (TPSA) is 39.1 Å². The molecular formula is C15H19N3S. The second-order valence-electron chi connectivity index (χ2n) is 5.10. The van der Waals surface area contributed by atoms with Gasteiger partial charge in [-0.25, -0.2) is 0 Å². The molecule has 1 N–H and O–H groups in total. The first-order valence-corrected chi connectivity index (χ1v) is 7.10. The van der Waals surface area contributed by atoms with Gasteiger partial charge in [-0.2, -0.15) is 5.26 Å². The Hall–Kier alpha value is -1.60. The highest BCUT2D eigenvalue weighted by atomic mass is 32.1. The van der Waals surface area contributed by atoms with Crippen LogP contribution in [0.1, 0.15) is 36.8 Å². The molecule has 0 heterocycles. The molecule has 2 rings (SSSR count). The van der Waals surface area contributed by atoms with Crippen LogP contribution in [0.4, 0.5) is 0 Å². The van der Waals surface area contributed by atoms with Crippen molar-refractivity contribution in [3.63, 3.8) is 0 Å². The smallest absolute Gasteiger partial charge is 0.169 e. The largest absolute Gasteiger partial charge is 0.360 e. The molecule has 100 valence electrons. The van der Waals surface area contributed by atoms with Crippen LogP contribution < -0.4 is 5.32 Å². The summed E-state index contributed by atoms with van der Waals surface area (Å²) >= 11 is 5.42. The van der Waals surface area contributed by atoms with Gasteiger partial charge < -0.3 is 10.2 Å². The van der Waals surface area contributed by atoms with Crippen LogP contribution in [0.25, 0.3) is 0 Å². The molecule has 0 aliphatic heterocycles. The number of hydrogen-bond donors (Lipinski definition) is 1. The molecule has 0 bridgehead atoms. The SMILES string of the molecule is CN(Cc1cccc(C#N)c1)C(=S)NC1CCCC1. The summed E-state index contributed by atoms with van der Waals surface area (Å²) in [6.07, 6.45) is 5.04. The molecule has 0 radical (unpaired) electrons. The maximum atomic E-state index is 8.89. The number of benzene rings is 1. The number of rotatable bonds is 3. The van der Waals surface area contributed by atoms with Crippen LogP contribution in [0.2, 0.25) is 0 Å². The van der Waals surface area contributed by atoms with Gasteiger partial charge in [0, 0.05) is 19.6 Å². The molecular weight excluding hydrogens is 254 g/mol. The lowest BCUT2D eigenvalue weighted by Gasteiger charge is -2.24. The quantitative estimate of drug-likeness (QED) is 0.860. The standard InChI is InChI=1S/C15H19N3S/c1-18(15(19)17-14-7-2-3-8-14)11-13-6-4-5-12(9-13)10-16/h4-6,9,14H,2-3,7-8,11H2,1H3,(H,17,19). The summed E-state index contributed by atoms with van der Waals surface area (Å²) in [6.45, 7) is 0.730. The number of nitrogens with zero attached hydrogens (tertiary/aromatic N) is 2. The fourth-order valence-electron chi connectivity index (χ4n) is 2.44. The van der Waals surface area contributed by atoms with Crippen molar-refractivity contribution in [2.24, 2.45) is 0 Å². The summed E-state index contributed by atoms with van der Waals surface area (Å²) in [6, 6.07) is 10.4. The number of nitriles is 1. The van der Waals surface area contributed by atoms with Crippen molar-refractivity contribution in [1.82, 2.24) is 10.2 Å². The van der Waals surface area contributed by atoms with Crippen LogP contribution in [-0.2, 0) is 6.54 Å². The van der Waals surface area contributed by atoms with E-state index in [4.69, 9.17) is 17.5 Å². The van der Waals surface area contributed by atoms with Gasteiger partial charge in [0.2, 0.25) is 0 Å². The van der Waals surface area contributed by atoms with Crippen molar-refractivity contribution in [1.29, 1.82) is 5.26 Å². The Kier molecular flexibility index (Phi) is 4.75. The normalized spacial score (nSPS) is 14.9. The molecule has 1 fully saturated rings. The molecule has 19 heavy (non-hydrogen) atoms. The highest BCUT2D eigenvalue weighted by Gasteiger charge is 2.17. The number of thiocarbonyl (C=S) groups is 1. The van der Waals surface area contributed by atoms with Gasteiger partial charge in [-0.1, -0.05) is 25.0 Å². The zero-order chi connectivity index (χ0) is 13.7. The van der Waals surface area contributed by atoms with Gasteiger partial charge in [0.1, 0.15) is 0 Å². The first kappa shape index (κ1) is 13.8. The first-order valence-electron chi connectivity index (χ1n) is 6.69. The van der Waals surface area contributed by atoms with Crippen molar-refractivity contribution in [3.8, 4) is 6.07 Å². The minimum atomic E-state index is 0.542. The van der Waals surface area contributed by atoms with Gasteiger partial charge in [-0.05, 0) is 42.8 Å². The molecule has 4 heteroatoms. The average molecular weight is 273 g/mol. The molecule has 0 aromatic heterocycles. The van der Waals surface area contributed by atoms with E-state index in [0.717, 1.165) is 17.2 Å². The summed E-state index contributed by atoms with van der Waals surface area (Å²) in [7, 11) is 1.99. The van der Waals surface area contributed by atoms with Crippen LogP contribution in [0.15, 0.2) is 24.3 Å². The summed E-state index contributed by atoms with van der Waals surface area (Å²) in [4.78, 5) is 2.03. The van der Waals surface area contributed by atoms with Gasteiger partial charge in [-0.15, -0.1) is 0 Å². The molecule has 1 aromatic carbocycles. The predicted octanol–water partition coefficient (Wildman–Crippen LogP) is 2.81. The van der Waals surface area contributed by atoms with Gasteiger partial charge in [-0.3, -0.25) is 0 Å². The number of nitrogens with one attached hydrogen (secondary N) is 1. The lowest BCUT2D eigenvalue weighted by molar-refractivity contribution is 0.471. The second-order valence-corrected chi connectivity index (χ2v) is 5.49. The van der Waals surface area contributed by atoms with Crippen molar-refractivity contribution in [3.05, 3.63) is 35.4 Å². The van der Waals surface area contributed by atoms with Crippen molar-refractivity contribution in [2.45, 2.75) is 38.3 Å². The Morgan fingerprint density at radius 1 is 1.47 bits per heavy atom. The third-order valence-electron chi connectivity index (χ3n) is 3.51. The zero-order valence-corrected chi connectivity index (χ0v) is 12.0. The molecule has 0 saturated heterocycles. The van der Waals surface area contributed by atoms with Gasteiger partial charge >= 0.3 is 0 Å².